The molecule has 1 rings (SSSR count). The summed E-state index contributed by atoms with van der Waals surface area (Å²) in [5.74, 6) is 0.880. The Morgan fingerprint density at radius 1 is 1.07 bits per heavy atom. The van der Waals surface area contributed by atoms with Crippen LogP contribution >= 0.6 is 0 Å². The summed E-state index contributed by atoms with van der Waals surface area (Å²) in [4.78, 5) is 0. The second-order valence-corrected chi connectivity index (χ2v) is 4.80. The topological polar surface area (TPSA) is 0 Å². The van der Waals surface area contributed by atoms with Crippen LogP contribution in [0.25, 0.3) is 0 Å². The van der Waals surface area contributed by atoms with Gasteiger partial charge >= 0.3 is 0 Å². The van der Waals surface area contributed by atoms with Crippen molar-refractivity contribution in [2.24, 2.45) is 5.92 Å². The molecule has 0 amide bonds. The Hall–Kier alpha value is -0.260. The second kappa shape index (κ2) is 7.09. The van der Waals surface area contributed by atoms with Crippen molar-refractivity contribution >= 4 is 0 Å². The zero-order valence-corrected chi connectivity index (χ0v) is 9.86. The molecule has 82 valence electrons. The van der Waals surface area contributed by atoms with Crippen LogP contribution in [0.5, 0.6) is 0 Å². The molecule has 0 bridgehead atoms. The second-order valence-electron chi connectivity index (χ2n) is 4.80. The lowest BCUT2D eigenvalue weighted by atomic mass is 9.82. The smallest absolute Gasteiger partial charge is 0.0206 e. The summed E-state index contributed by atoms with van der Waals surface area (Å²) in [7, 11) is 0. The van der Waals surface area contributed by atoms with Gasteiger partial charge in [-0.3, -0.25) is 0 Å². The van der Waals surface area contributed by atoms with Crippen LogP contribution in [0.1, 0.15) is 71.1 Å². The number of unbranched alkanes of at least 4 members (excludes halogenated alkanes) is 3. The Kier molecular flexibility index (Phi) is 5.98. The van der Waals surface area contributed by atoms with E-state index in [1.54, 1.807) is 5.57 Å². The minimum Gasteiger partial charge on any atom is -0.0996 e. The average molecular weight is 194 g/mol. The van der Waals surface area contributed by atoms with E-state index < -0.39 is 0 Å². The molecule has 0 unspecified atom stereocenters. The van der Waals surface area contributed by atoms with Crippen LogP contribution in [0.15, 0.2) is 12.2 Å². The van der Waals surface area contributed by atoms with Gasteiger partial charge in [-0.25, -0.2) is 0 Å². The van der Waals surface area contributed by atoms with E-state index in [9.17, 15) is 0 Å². The Morgan fingerprint density at radius 3 is 2.43 bits per heavy atom. The van der Waals surface area contributed by atoms with Crippen LogP contribution in [0.2, 0.25) is 0 Å². The van der Waals surface area contributed by atoms with Gasteiger partial charge in [-0.15, -0.1) is 0 Å². The van der Waals surface area contributed by atoms with Gasteiger partial charge in [0, 0.05) is 0 Å². The van der Waals surface area contributed by atoms with E-state index in [2.05, 4.69) is 13.5 Å². The number of hydrogen-bond acceptors (Lipinski definition) is 0. The van der Waals surface area contributed by atoms with E-state index in [1.807, 2.05) is 0 Å². The summed E-state index contributed by atoms with van der Waals surface area (Å²) in [5.41, 5.74) is 1.56. The van der Waals surface area contributed by atoms with Gasteiger partial charge in [0.2, 0.25) is 0 Å². The lowest BCUT2D eigenvalue weighted by Gasteiger charge is -2.23. The summed E-state index contributed by atoms with van der Waals surface area (Å²) < 4.78 is 0. The first kappa shape index (κ1) is 11.8. The van der Waals surface area contributed by atoms with Crippen LogP contribution < -0.4 is 0 Å². The number of allylic oxidation sites excluding steroid dienone is 1. The number of rotatable bonds is 6. The highest BCUT2D eigenvalue weighted by Gasteiger charge is 2.15. The van der Waals surface area contributed by atoms with Crippen molar-refractivity contribution in [1.82, 2.24) is 0 Å². The van der Waals surface area contributed by atoms with Crippen molar-refractivity contribution in [2.45, 2.75) is 71.1 Å². The molecule has 1 aliphatic rings. The maximum atomic E-state index is 4.28. The maximum absolute atomic E-state index is 4.28. The first-order valence-electron chi connectivity index (χ1n) is 6.52. The van der Waals surface area contributed by atoms with Gasteiger partial charge in [0.25, 0.3) is 0 Å². The molecule has 0 heteroatoms. The van der Waals surface area contributed by atoms with Crippen molar-refractivity contribution in [3.8, 4) is 0 Å². The Bertz CT molecular complexity index is 151. The zero-order valence-electron chi connectivity index (χ0n) is 9.86. The molecule has 0 aliphatic heterocycles. The monoisotopic (exact) mass is 194 g/mol. The van der Waals surface area contributed by atoms with Gasteiger partial charge in [0.1, 0.15) is 0 Å². The fraction of sp³-hybridized carbons (Fsp3) is 0.857. The molecule has 0 aromatic carbocycles. The third-order valence-corrected chi connectivity index (χ3v) is 3.53. The van der Waals surface area contributed by atoms with Crippen molar-refractivity contribution in [2.75, 3.05) is 0 Å². The highest BCUT2D eigenvalue weighted by molar-refractivity contribution is 5.01. The van der Waals surface area contributed by atoms with E-state index in [1.165, 1.54) is 64.2 Å². The van der Waals surface area contributed by atoms with Crippen LogP contribution in [0.3, 0.4) is 0 Å². The lowest BCUT2D eigenvalue weighted by Crippen LogP contribution is -2.08. The van der Waals surface area contributed by atoms with Gasteiger partial charge in [-0.05, 0) is 31.6 Å². The molecule has 1 fully saturated rings. The van der Waals surface area contributed by atoms with Crippen molar-refractivity contribution < 1.29 is 0 Å². The van der Waals surface area contributed by atoms with Crippen LogP contribution in [-0.4, -0.2) is 0 Å². The molecule has 0 saturated heterocycles. The van der Waals surface area contributed by atoms with Crippen molar-refractivity contribution in [3.63, 3.8) is 0 Å². The first-order chi connectivity index (χ1) is 6.84. The van der Waals surface area contributed by atoms with E-state index >= 15 is 0 Å². The molecule has 0 aromatic rings. The molecule has 0 heterocycles. The first-order valence-corrected chi connectivity index (χ1v) is 6.52. The molecular formula is C14H26. The standard InChI is InChI=1S/C14H26/c1-3-4-5-7-10-13(2)14-11-8-6-9-12-14/h14H,2-12H2,1H3. The molecule has 0 N–H and O–H groups in total. The molecular weight excluding hydrogens is 168 g/mol. The summed E-state index contributed by atoms with van der Waals surface area (Å²) in [6, 6.07) is 0. The van der Waals surface area contributed by atoms with Crippen molar-refractivity contribution in [1.29, 1.82) is 0 Å². The van der Waals surface area contributed by atoms with Crippen LogP contribution in [0, 0.1) is 5.92 Å². The van der Waals surface area contributed by atoms with E-state index in [0.29, 0.717) is 0 Å². The average Bonchev–Trinajstić information content (AvgIpc) is 2.25. The molecule has 1 saturated carbocycles. The summed E-state index contributed by atoms with van der Waals surface area (Å²) in [6.45, 7) is 6.55. The normalized spacial score (nSPS) is 18.4. The van der Waals surface area contributed by atoms with E-state index in [0.717, 1.165) is 5.92 Å². The maximum Gasteiger partial charge on any atom is -0.0206 e. The SMILES string of the molecule is C=C(CCCCCC)C1CCCCC1. The van der Waals surface area contributed by atoms with Gasteiger partial charge < -0.3 is 0 Å². The molecule has 0 nitrogen and oxygen atoms in total. The zero-order chi connectivity index (χ0) is 10.2. The third kappa shape index (κ3) is 4.30. The van der Waals surface area contributed by atoms with Gasteiger partial charge in [-0.1, -0.05) is 57.6 Å². The Morgan fingerprint density at radius 2 is 1.79 bits per heavy atom. The third-order valence-electron chi connectivity index (χ3n) is 3.53. The molecule has 0 aromatic heterocycles. The fourth-order valence-corrected chi connectivity index (χ4v) is 2.49. The molecule has 0 atom stereocenters. The van der Waals surface area contributed by atoms with Crippen molar-refractivity contribution in [3.05, 3.63) is 12.2 Å². The van der Waals surface area contributed by atoms with E-state index in [4.69, 9.17) is 0 Å². The van der Waals surface area contributed by atoms with E-state index in [-0.39, 0.29) is 0 Å². The Labute approximate surface area is 89.8 Å². The van der Waals surface area contributed by atoms with Crippen LogP contribution in [-0.2, 0) is 0 Å². The molecule has 14 heavy (non-hydrogen) atoms. The quantitative estimate of drug-likeness (QED) is 0.408. The predicted molar refractivity (Wildman–Crippen MR) is 64.5 cm³/mol. The van der Waals surface area contributed by atoms with Gasteiger partial charge in [0.15, 0.2) is 0 Å². The minimum absolute atomic E-state index is 0.880. The summed E-state index contributed by atoms with van der Waals surface area (Å²) in [6.07, 6.45) is 14.0. The minimum atomic E-state index is 0.880. The highest BCUT2D eigenvalue weighted by Crippen LogP contribution is 2.31. The lowest BCUT2D eigenvalue weighted by molar-refractivity contribution is 0.393. The molecule has 1 aliphatic carbocycles. The molecule has 0 spiro atoms. The number of hydrogen-bond donors (Lipinski definition) is 0. The van der Waals surface area contributed by atoms with Crippen LogP contribution in [0.4, 0.5) is 0 Å². The highest BCUT2D eigenvalue weighted by atomic mass is 14.2. The fourth-order valence-electron chi connectivity index (χ4n) is 2.49. The summed E-state index contributed by atoms with van der Waals surface area (Å²) >= 11 is 0. The van der Waals surface area contributed by atoms with Gasteiger partial charge in [0.05, 0.1) is 0 Å². The largest absolute Gasteiger partial charge is 0.0996 e. The van der Waals surface area contributed by atoms with Gasteiger partial charge in [-0.2, -0.15) is 0 Å². The summed E-state index contributed by atoms with van der Waals surface area (Å²) in [5, 5.41) is 0. The predicted octanol–water partition coefficient (Wildman–Crippen LogP) is 5.09. The Balaban J connectivity index is 2.07. The molecule has 0 radical (unpaired) electrons.